The average Bonchev–Trinajstić information content (AvgIpc) is 2.94. The van der Waals surface area contributed by atoms with Gasteiger partial charge in [-0.2, -0.15) is 0 Å². The molecule has 0 bridgehead atoms. The summed E-state index contributed by atoms with van der Waals surface area (Å²) in [6, 6.07) is 0. The third-order valence-corrected chi connectivity index (χ3v) is 10.2. The van der Waals surface area contributed by atoms with Crippen LogP contribution in [0.15, 0.2) is 11.6 Å². The Morgan fingerprint density at radius 3 is 2.56 bits per heavy atom. The predicted molar refractivity (Wildman–Crippen MR) is 118 cm³/mol. The summed E-state index contributed by atoms with van der Waals surface area (Å²) in [5.74, 6) is -2.18. The van der Waals surface area contributed by atoms with E-state index in [0.29, 0.717) is 31.3 Å². The molecular formula is C25H34ClFO5. The number of carbonyl (C=O) groups excluding carboxylic acids is 2. The number of rotatable bonds is 5. The summed E-state index contributed by atoms with van der Waals surface area (Å²) in [5.41, 5.74) is -2.09. The Labute approximate surface area is 193 Å². The van der Waals surface area contributed by atoms with E-state index in [2.05, 4.69) is 0 Å². The number of carbonyl (C=O) groups is 3. The van der Waals surface area contributed by atoms with Crippen molar-refractivity contribution in [3.05, 3.63) is 11.6 Å². The van der Waals surface area contributed by atoms with E-state index in [0.717, 1.165) is 6.42 Å². The van der Waals surface area contributed by atoms with Crippen molar-refractivity contribution >= 4 is 29.1 Å². The number of allylic oxidation sites excluding steroid dienone is 1. The van der Waals surface area contributed by atoms with E-state index in [1.807, 2.05) is 20.8 Å². The van der Waals surface area contributed by atoms with E-state index in [1.165, 1.54) is 6.08 Å². The minimum Gasteiger partial charge on any atom is -0.481 e. The van der Waals surface area contributed by atoms with Crippen molar-refractivity contribution in [1.82, 2.24) is 0 Å². The maximum absolute atomic E-state index is 15.6. The first-order chi connectivity index (χ1) is 14.9. The molecule has 0 aromatic carbocycles. The number of Topliss-reactive ketones (excluding diaryl/α,β-unsaturated/α-hetero) is 1. The van der Waals surface area contributed by atoms with Crippen molar-refractivity contribution in [2.75, 3.05) is 5.88 Å². The lowest BCUT2D eigenvalue weighted by Gasteiger charge is -2.60. The lowest BCUT2D eigenvalue weighted by Crippen LogP contribution is -2.60. The third-order valence-electron chi connectivity index (χ3n) is 9.94. The molecule has 0 aliphatic heterocycles. The summed E-state index contributed by atoms with van der Waals surface area (Å²) >= 11 is 5.88. The van der Waals surface area contributed by atoms with Gasteiger partial charge in [0.1, 0.15) is 11.8 Å². The van der Waals surface area contributed by atoms with Gasteiger partial charge in [-0.1, -0.05) is 20.8 Å². The lowest BCUT2D eigenvalue weighted by molar-refractivity contribution is -0.167. The Hall–Kier alpha value is -1.27. The van der Waals surface area contributed by atoms with Crippen LogP contribution in [-0.4, -0.2) is 45.4 Å². The Kier molecular flexibility index (Phi) is 5.89. The van der Waals surface area contributed by atoms with E-state index >= 15 is 4.39 Å². The van der Waals surface area contributed by atoms with Gasteiger partial charge in [0.15, 0.2) is 11.6 Å². The standard InChI is InChI=1S/C25H34ClFO5/c1-13-8-17-15-9-19(27)18-10-20(28)14(4-5-22(30)31)11-23(18,2)16(15)6-7-24(17,3)25(13,32)21(29)12-26/h10,13-17,19,32H,4-9,11-12H2,1-3H3,(H,30,31)/t13-,14?,15+,16-,17-,19+,23+,24-,25-/m0/s1. The highest BCUT2D eigenvalue weighted by Crippen LogP contribution is 2.69. The van der Waals surface area contributed by atoms with E-state index in [9.17, 15) is 19.5 Å². The minimum absolute atomic E-state index is 0.000129. The number of aliphatic hydroxyl groups is 1. The van der Waals surface area contributed by atoms with Gasteiger partial charge in [0.2, 0.25) is 0 Å². The Morgan fingerprint density at radius 2 is 1.94 bits per heavy atom. The number of alkyl halides is 2. The molecule has 5 nitrogen and oxygen atoms in total. The number of halogens is 2. The summed E-state index contributed by atoms with van der Waals surface area (Å²) in [5, 5.41) is 20.7. The molecule has 0 aromatic heterocycles. The molecule has 4 rings (SSSR count). The normalized spacial score (nSPS) is 47.8. The Bertz CT molecular complexity index is 872. The highest BCUT2D eigenvalue weighted by Gasteiger charge is 2.69. The number of ketones is 2. The summed E-state index contributed by atoms with van der Waals surface area (Å²) in [4.78, 5) is 36.5. The number of hydrogen-bond donors (Lipinski definition) is 2. The zero-order chi connectivity index (χ0) is 23.6. The van der Waals surface area contributed by atoms with Crippen LogP contribution < -0.4 is 0 Å². The molecule has 3 fully saturated rings. The van der Waals surface area contributed by atoms with Crippen molar-refractivity contribution in [2.45, 2.75) is 77.5 Å². The molecule has 4 aliphatic rings. The SMILES string of the molecule is C[C@H]1C[C@H]2[C@@H]3C[C@@H](F)C4=CC(=O)C(CCC(=O)O)C[C@]4(C)[C@H]3CC[C@]2(C)[C@@]1(O)C(=O)CCl. The van der Waals surface area contributed by atoms with E-state index in [4.69, 9.17) is 16.7 Å². The number of hydrogen-bond acceptors (Lipinski definition) is 4. The lowest BCUT2D eigenvalue weighted by atomic mass is 9.45. The smallest absolute Gasteiger partial charge is 0.303 e. The Morgan fingerprint density at radius 1 is 1.25 bits per heavy atom. The molecule has 0 saturated heterocycles. The van der Waals surface area contributed by atoms with Crippen LogP contribution in [0.3, 0.4) is 0 Å². The summed E-state index contributed by atoms with van der Waals surface area (Å²) < 4.78 is 15.6. The second kappa shape index (κ2) is 7.90. The maximum atomic E-state index is 15.6. The summed E-state index contributed by atoms with van der Waals surface area (Å²) in [6.45, 7) is 5.91. The first-order valence-electron chi connectivity index (χ1n) is 11.8. The molecule has 0 aromatic rings. The van der Waals surface area contributed by atoms with Crippen LogP contribution in [0.1, 0.15) is 65.7 Å². The molecule has 1 unspecified atom stereocenters. The highest BCUT2D eigenvalue weighted by molar-refractivity contribution is 6.29. The first-order valence-corrected chi connectivity index (χ1v) is 12.4. The number of fused-ring (bicyclic) bond motifs is 5. The largest absolute Gasteiger partial charge is 0.481 e. The highest BCUT2D eigenvalue weighted by atomic mass is 35.5. The monoisotopic (exact) mass is 468 g/mol. The van der Waals surface area contributed by atoms with Crippen LogP contribution >= 0.6 is 11.6 Å². The minimum atomic E-state index is -1.50. The van der Waals surface area contributed by atoms with E-state index in [1.54, 1.807) is 0 Å². The van der Waals surface area contributed by atoms with Crippen molar-refractivity contribution in [3.63, 3.8) is 0 Å². The van der Waals surface area contributed by atoms with Gasteiger partial charge < -0.3 is 10.2 Å². The van der Waals surface area contributed by atoms with Crippen LogP contribution in [0.2, 0.25) is 0 Å². The van der Waals surface area contributed by atoms with Gasteiger partial charge in [0, 0.05) is 17.8 Å². The molecule has 178 valence electrons. The maximum Gasteiger partial charge on any atom is 0.303 e. The van der Waals surface area contributed by atoms with Gasteiger partial charge >= 0.3 is 5.97 Å². The molecule has 0 spiro atoms. The molecule has 0 heterocycles. The molecule has 9 atom stereocenters. The number of aliphatic carboxylic acids is 1. The third kappa shape index (κ3) is 3.15. The van der Waals surface area contributed by atoms with Crippen molar-refractivity contribution in [2.24, 2.45) is 40.4 Å². The first kappa shape index (κ1) is 23.9. The van der Waals surface area contributed by atoms with Crippen LogP contribution in [-0.2, 0) is 14.4 Å². The van der Waals surface area contributed by atoms with Gasteiger partial charge in [-0.3, -0.25) is 14.4 Å². The molecule has 3 saturated carbocycles. The fourth-order valence-electron chi connectivity index (χ4n) is 8.33. The molecule has 32 heavy (non-hydrogen) atoms. The Balaban J connectivity index is 1.69. The zero-order valence-electron chi connectivity index (χ0n) is 19.1. The number of carboxylic acids is 1. The fourth-order valence-corrected chi connectivity index (χ4v) is 8.54. The predicted octanol–water partition coefficient (Wildman–Crippen LogP) is 4.34. The number of carboxylic acid groups (broad SMARTS) is 1. The van der Waals surface area contributed by atoms with Crippen LogP contribution in [0, 0.1) is 40.4 Å². The molecule has 7 heteroatoms. The summed E-state index contributed by atoms with van der Waals surface area (Å²) in [6.07, 6.45) is 3.24. The van der Waals surface area contributed by atoms with Crippen LogP contribution in [0.5, 0.6) is 0 Å². The second-order valence-electron chi connectivity index (χ2n) is 11.2. The quantitative estimate of drug-likeness (QED) is 0.585. The van der Waals surface area contributed by atoms with Gasteiger partial charge in [-0.05, 0) is 79.3 Å². The van der Waals surface area contributed by atoms with Crippen molar-refractivity contribution in [3.8, 4) is 0 Å². The zero-order valence-corrected chi connectivity index (χ0v) is 19.8. The van der Waals surface area contributed by atoms with Crippen LogP contribution in [0.4, 0.5) is 4.39 Å². The topological polar surface area (TPSA) is 91.7 Å². The fraction of sp³-hybridized carbons (Fsp3) is 0.800. The van der Waals surface area contributed by atoms with Crippen molar-refractivity contribution in [1.29, 1.82) is 0 Å². The van der Waals surface area contributed by atoms with Gasteiger partial charge in [0.25, 0.3) is 0 Å². The van der Waals surface area contributed by atoms with Gasteiger partial charge in [0.05, 0.1) is 5.88 Å². The van der Waals surface area contributed by atoms with E-state index in [-0.39, 0.29) is 54.0 Å². The molecule has 0 radical (unpaired) electrons. The second-order valence-corrected chi connectivity index (χ2v) is 11.5. The van der Waals surface area contributed by atoms with E-state index < -0.39 is 34.5 Å². The van der Waals surface area contributed by atoms with Crippen LogP contribution in [0.25, 0.3) is 0 Å². The summed E-state index contributed by atoms with van der Waals surface area (Å²) in [7, 11) is 0. The van der Waals surface area contributed by atoms with Gasteiger partial charge in [-0.15, -0.1) is 11.6 Å². The molecule has 2 N–H and O–H groups in total. The average molecular weight is 469 g/mol. The van der Waals surface area contributed by atoms with Gasteiger partial charge in [-0.25, -0.2) is 4.39 Å². The molecule has 0 amide bonds. The molecular weight excluding hydrogens is 435 g/mol. The molecule has 4 aliphatic carbocycles. The van der Waals surface area contributed by atoms with Crippen molar-refractivity contribution < 1.29 is 29.0 Å².